The van der Waals surface area contributed by atoms with Gasteiger partial charge >= 0.3 is 5.97 Å². The SMILES string of the molecule is O=C(O)CCSCc1cccc(C(=O)Nc2ccc(N3CCCCC3)cc2C(=O)NN=Cc2ccc(F)cc2)c1. The second kappa shape index (κ2) is 14.3. The van der Waals surface area contributed by atoms with Gasteiger partial charge in [-0.15, -0.1) is 0 Å². The number of hydrazone groups is 1. The van der Waals surface area contributed by atoms with Crippen LogP contribution in [-0.4, -0.2) is 47.9 Å². The number of hydrogen-bond donors (Lipinski definition) is 3. The lowest BCUT2D eigenvalue weighted by Crippen LogP contribution is -2.30. The van der Waals surface area contributed by atoms with Crippen LogP contribution in [0, 0.1) is 5.82 Å². The molecule has 2 amide bonds. The monoisotopic (exact) mass is 562 g/mol. The van der Waals surface area contributed by atoms with Gasteiger partial charge in [-0.2, -0.15) is 16.9 Å². The summed E-state index contributed by atoms with van der Waals surface area (Å²) in [5.41, 5.74) is 5.98. The van der Waals surface area contributed by atoms with Crippen LogP contribution in [0.15, 0.2) is 71.8 Å². The summed E-state index contributed by atoms with van der Waals surface area (Å²) in [4.78, 5) is 39.3. The van der Waals surface area contributed by atoms with Crippen molar-refractivity contribution in [3.8, 4) is 0 Å². The fourth-order valence-corrected chi connectivity index (χ4v) is 5.18. The van der Waals surface area contributed by atoms with Crippen LogP contribution >= 0.6 is 11.8 Å². The number of carboxylic acids is 1. The molecular weight excluding hydrogens is 531 g/mol. The van der Waals surface area contributed by atoms with Gasteiger partial charge in [0.15, 0.2) is 0 Å². The summed E-state index contributed by atoms with van der Waals surface area (Å²) in [6.07, 6.45) is 4.83. The molecule has 1 heterocycles. The molecule has 0 aliphatic carbocycles. The third-order valence-corrected chi connectivity index (χ3v) is 7.42. The van der Waals surface area contributed by atoms with Crippen LogP contribution < -0.4 is 15.6 Å². The van der Waals surface area contributed by atoms with Gasteiger partial charge in [0.1, 0.15) is 5.82 Å². The highest BCUT2D eigenvalue weighted by Crippen LogP contribution is 2.27. The number of amides is 2. The minimum atomic E-state index is -0.840. The number of piperidine rings is 1. The first kappa shape index (κ1) is 28.8. The number of halogens is 1. The van der Waals surface area contributed by atoms with Crippen LogP contribution in [0.1, 0.15) is 57.5 Å². The average Bonchev–Trinajstić information content (AvgIpc) is 2.97. The molecule has 1 fully saturated rings. The molecule has 1 aliphatic heterocycles. The highest BCUT2D eigenvalue weighted by atomic mass is 32.2. The molecule has 3 aromatic carbocycles. The molecule has 4 rings (SSSR count). The maximum atomic E-state index is 13.2. The fraction of sp³-hybridized carbons (Fsp3) is 0.267. The summed E-state index contributed by atoms with van der Waals surface area (Å²) >= 11 is 1.49. The van der Waals surface area contributed by atoms with Crippen molar-refractivity contribution in [2.45, 2.75) is 31.4 Å². The van der Waals surface area contributed by atoms with E-state index in [0.717, 1.165) is 37.2 Å². The van der Waals surface area contributed by atoms with Crippen molar-refractivity contribution < 1.29 is 23.9 Å². The fourth-order valence-electron chi connectivity index (χ4n) is 4.30. The van der Waals surface area contributed by atoms with Crippen molar-refractivity contribution in [3.05, 3.63) is 94.8 Å². The van der Waals surface area contributed by atoms with Crippen molar-refractivity contribution in [2.75, 3.05) is 29.1 Å². The Kier molecular flexibility index (Phi) is 10.3. The van der Waals surface area contributed by atoms with E-state index in [1.165, 1.54) is 36.5 Å². The van der Waals surface area contributed by atoms with E-state index >= 15 is 0 Å². The molecule has 208 valence electrons. The second-order valence-electron chi connectivity index (χ2n) is 9.38. The minimum absolute atomic E-state index is 0.0804. The number of rotatable bonds is 11. The van der Waals surface area contributed by atoms with Crippen molar-refractivity contribution in [2.24, 2.45) is 5.10 Å². The Hall–Kier alpha value is -4.18. The second-order valence-corrected chi connectivity index (χ2v) is 10.5. The van der Waals surface area contributed by atoms with Gasteiger partial charge in [-0.3, -0.25) is 14.4 Å². The Balaban J connectivity index is 1.50. The topological polar surface area (TPSA) is 111 Å². The van der Waals surface area contributed by atoms with Gasteiger partial charge in [-0.1, -0.05) is 24.3 Å². The zero-order chi connectivity index (χ0) is 28.3. The van der Waals surface area contributed by atoms with Crippen molar-refractivity contribution in [3.63, 3.8) is 0 Å². The van der Waals surface area contributed by atoms with Crippen molar-refractivity contribution in [1.82, 2.24) is 5.43 Å². The number of nitrogens with one attached hydrogen (secondary N) is 2. The van der Waals surface area contributed by atoms with Crippen LogP contribution in [-0.2, 0) is 10.5 Å². The van der Waals surface area contributed by atoms with Crippen LogP contribution in [0.4, 0.5) is 15.8 Å². The summed E-state index contributed by atoms with van der Waals surface area (Å²) in [6, 6.07) is 18.2. The Labute approximate surface area is 236 Å². The number of nitrogens with zero attached hydrogens (tertiary/aromatic N) is 2. The van der Waals surface area contributed by atoms with E-state index in [1.807, 2.05) is 12.1 Å². The number of benzene rings is 3. The van der Waals surface area contributed by atoms with Crippen LogP contribution in [0.25, 0.3) is 0 Å². The van der Waals surface area contributed by atoms with E-state index in [0.29, 0.717) is 28.3 Å². The van der Waals surface area contributed by atoms with Crippen molar-refractivity contribution in [1.29, 1.82) is 0 Å². The van der Waals surface area contributed by atoms with Gasteiger partial charge in [-0.25, -0.2) is 9.82 Å². The Morgan fingerprint density at radius 2 is 1.75 bits per heavy atom. The molecule has 0 atom stereocenters. The first-order chi connectivity index (χ1) is 19.4. The predicted molar refractivity (Wildman–Crippen MR) is 157 cm³/mol. The first-order valence-electron chi connectivity index (χ1n) is 13.1. The summed E-state index contributed by atoms with van der Waals surface area (Å²) < 4.78 is 13.2. The molecule has 1 aliphatic rings. The van der Waals surface area contributed by atoms with E-state index in [2.05, 4.69) is 20.7 Å². The van der Waals surface area contributed by atoms with E-state index in [-0.39, 0.29) is 23.7 Å². The van der Waals surface area contributed by atoms with Gasteiger partial charge in [0, 0.05) is 35.8 Å². The van der Waals surface area contributed by atoms with Gasteiger partial charge in [0.05, 0.1) is 23.9 Å². The molecule has 0 spiro atoms. The molecule has 3 N–H and O–H groups in total. The number of carbonyl (C=O) groups is 3. The largest absolute Gasteiger partial charge is 0.481 e. The van der Waals surface area contributed by atoms with E-state index in [1.54, 1.807) is 42.5 Å². The quantitative estimate of drug-likeness (QED) is 0.161. The average molecular weight is 563 g/mol. The van der Waals surface area contributed by atoms with E-state index < -0.39 is 11.9 Å². The van der Waals surface area contributed by atoms with Crippen LogP contribution in [0.3, 0.4) is 0 Å². The lowest BCUT2D eigenvalue weighted by Gasteiger charge is -2.29. The number of hydrogen-bond acceptors (Lipinski definition) is 6. The first-order valence-corrected chi connectivity index (χ1v) is 14.2. The standard InChI is InChI=1S/C30H31FN4O4S/c31-24-9-7-21(8-10-24)19-32-34-30(39)26-18-25(35-14-2-1-3-15-35)11-12-27(26)33-29(38)23-6-4-5-22(17-23)20-40-16-13-28(36)37/h4-12,17-19H,1-3,13-16,20H2,(H,33,38)(H,34,39)(H,36,37). The smallest absolute Gasteiger partial charge is 0.304 e. The van der Waals surface area contributed by atoms with E-state index in [9.17, 15) is 18.8 Å². The molecule has 0 bridgehead atoms. The number of aliphatic carboxylic acids is 1. The molecule has 0 aromatic heterocycles. The highest BCUT2D eigenvalue weighted by molar-refractivity contribution is 7.98. The Bertz CT molecular complexity index is 1370. The zero-order valence-corrected chi connectivity index (χ0v) is 22.8. The van der Waals surface area contributed by atoms with Gasteiger partial charge in [-0.05, 0) is 72.9 Å². The van der Waals surface area contributed by atoms with Gasteiger partial charge in [0.2, 0.25) is 0 Å². The zero-order valence-electron chi connectivity index (χ0n) is 21.9. The predicted octanol–water partition coefficient (Wildman–Crippen LogP) is 5.54. The highest BCUT2D eigenvalue weighted by Gasteiger charge is 2.19. The van der Waals surface area contributed by atoms with E-state index in [4.69, 9.17) is 5.11 Å². The molecule has 0 unspecified atom stereocenters. The van der Waals surface area contributed by atoms with Crippen LogP contribution in [0.5, 0.6) is 0 Å². The third-order valence-electron chi connectivity index (χ3n) is 6.39. The Morgan fingerprint density at radius 1 is 0.975 bits per heavy atom. The summed E-state index contributed by atoms with van der Waals surface area (Å²) in [5, 5.41) is 15.7. The van der Waals surface area contributed by atoms with Gasteiger partial charge < -0.3 is 15.3 Å². The molecule has 0 saturated carbocycles. The molecule has 8 nitrogen and oxygen atoms in total. The maximum absolute atomic E-state index is 13.2. The molecule has 40 heavy (non-hydrogen) atoms. The summed E-state index contributed by atoms with van der Waals surface area (Å²) in [6.45, 7) is 1.79. The van der Waals surface area contributed by atoms with Gasteiger partial charge in [0.25, 0.3) is 11.8 Å². The Morgan fingerprint density at radius 3 is 2.50 bits per heavy atom. The summed E-state index contributed by atoms with van der Waals surface area (Å²) in [5.74, 6) is -0.995. The van der Waals surface area contributed by atoms with Crippen LogP contribution in [0.2, 0.25) is 0 Å². The normalized spacial score (nSPS) is 13.3. The minimum Gasteiger partial charge on any atom is -0.481 e. The summed E-state index contributed by atoms with van der Waals surface area (Å²) in [7, 11) is 0. The molecular formula is C30H31FN4O4S. The lowest BCUT2D eigenvalue weighted by molar-refractivity contribution is -0.136. The number of carboxylic acid groups (broad SMARTS) is 1. The molecule has 3 aromatic rings. The van der Waals surface area contributed by atoms with Crippen molar-refractivity contribution >= 4 is 47.1 Å². The lowest BCUT2D eigenvalue weighted by atomic mass is 10.1. The number of anilines is 2. The number of carbonyl (C=O) groups excluding carboxylic acids is 2. The molecule has 1 saturated heterocycles. The third kappa shape index (κ3) is 8.41. The molecule has 0 radical (unpaired) electrons. The maximum Gasteiger partial charge on any atom is 0.304 e. The number of thioether (sulfide) groups is 1. The molecule has 10 heteroatoms.